The van der Waals surface area contributed by atoms with Gasteiger partial charge in [0, 0.05) is 24.6 Å². The van der Waals surface area contributed by atoms with E-state index in [1.807, 2.05) is 0 Å². The van der Waals surface area contributed by atoms with Gasteiger partial charge >= 0.3 is 0 Å². The number of rotatable bonds is 6. The van der Waals surface area contributed by atoms with E-state index in [9.17, 15) is 18.5 Å². The van der Waals surface area contributed by atoms with Crippen LogP contribution < -0.4 is 5.32 Å². The Kier molecular flexibility index (Phi) is 4.97. The number of aliphatic hydroxyl groups is 1. The van der Waals surface area contributed by atoms with Crippen LogP contribution in [-0.2, 0) is 16.3 Å². The molecule has 2 aromatic rings. The summed E-state index contributed by atoms with van der Waals surface area (Å²) in [5.41, 5.74) is 1.46. The van der Waals surface area contributed by atoms with Crippen molar-refractivity contribution in [1.82, 2.24) is 0 Å². The SMILES string of the molecule is CS(=O)(=O)c1ccc(Nc2ccc(CCO)cc2)c([N+](=O)[O-])c1. The van der Waals surface area contributed by atoms with E-state index in [1.165, 1.54) is 12.1 Å². The summed E-state index contributed by atoms with van der Waals surface area (Å²) in [5, 5.41) is 22.9. The minimum Gasteiger partial charge on any atom is -0.396 e. The molecule has 0 saturated heterocycles. The lowest BCUT2D eigenvalue weighted by atomic mass is 10.1. The number of nitrogens with zero attached hydrogens (tertiary/aromatic N) is 1. The zero-order valence-electron chi connectivity index (χ0n) is 12.4. The van der Waals surface area contributed by atoms with Gasteiger partial charge in [-0.2, -0.15) is 0 Å². The molecule has 0 aliphatic rings. The number of aliphatic hydroxyl groups excluding tert-OH is 1. The van der Waals surface area contributed by atoms with Gasteiger partial charge in [0.2, 0.25) is 0 Å². The molecule has 0 heterocycles. The summed E-state index contributed by atoms with van der Waals surface area (Å²) < 4.78 is 23.0. The average molecular weight is 336 g/mol. The number of hydrogen-bond donors (Lipinski definition) is 2. The van der Waals surface area contributed by atoms with Crippen molar-refractivity contribution in [3.63, 3.8) is 0 Å². The number of nitrogens with one attached hydrogen (secondary N) is 1. The highest BCUT2D eigenvalue weighted by Crippen LogP contribution is 2.30. The van der Waals surface area contributed by atoms with E-state index in [0.29, 0.717) is 12.1 Å². The molecule has 2 rings (SSSR count). The molecule has 0 saturated carbocycles. The maximum atomic E-state index is 11.5. The van der Waals surface area contributed by atoms with Crippen LogP contribution in [0.15, 0.2) is 47.4 Å². The monoisotopic (exact) mass is 336 g/mol. The molecule has 23 heavy (non-hydrogen) atoms. The van der Waals surface area contributed by atoms with Crippen LogP contribution in [0.1, 0.15) is 5.56 Å². The molecule has 2 aromatic carbocycles. The van der Waals surface area contributed by atoms with Crippen molar-refractivity contribution in [3.05, 3.63) is 58.1 Å². The highest BCUT2D eigenvalue weighted by atomic mass is 32.2. The Morgan fingerprint density at radius 2 is 1.83 bits per heavy atom. The molecule has 0 spiro atoms. The highest BCUT2D eigenvalue weighted by Gasteiger charge is 2.18. The van der Waals surface area contributed by atoms with E-state index in [1.54, 1.807) is 24.3 Å². The van der Waals surface area contributed by atoms with Crippen LogP contribution in [0.5, 0.6) is 0 Å². The molecule has 8 heteroatoms. The van der Waals surface area contributed by atoms with Crippen molar-refractivity contribution in [3.8, 4) is 0 Å². The van der Waals surface area contributed by atoms with E-state index in [4.69, 9.17) is 5.11 Å². The summed E-state index contributed by atoms with van der Waals surface area (Å²) in [6.07, 6.45) is 1.53. The van der Waals surface area contributed by atoms with Gasteiger partial charge in [0.15, 0.2) is 9.84 Å². The predicted octanol–water partition coefficient (Wildman–Crippen LogP) is 2.28. The largest absolute Gasteiger partial charge is 0.396 e. The molecule has 0 amide bonds. The van der Waals surface area contributed by atoms with Crippen LogP contribution in [0.2, 0.25) is 0 Å². The molecular weight excluding hydrogens is 320 g/mol. The predicted molar refractivity (Wildman–Crippen MR) is 86.7 cm³/mol. The standard InChI is InChI=1S/C15H16N2O5S/c1-23(21,22)13-6-7-14(15(10-13)17(19)20)16-12-4-2-11(3-5-12)8-9-18/h2-7,10,16,18H,8-9H2,1H3. The van der Waals surface area contributed by atoms with Crippen LogP contribution in [0.3, 0.4) is 0 Å². The lowest BCUT2D eigenvalue weighted by molar-refractivity contribution is -0.384. The Morgan fingerprint density at radius 1 is 1.17 bits per heavy atom. The van der Waals surface area contributed by atoms with Gasteiger partial charge in [-0.25, -0.2) is 8.42 Å². The van der Waals surface area contributed by atoms with Crippen LogP contribution in [-0.4, -0.2) is 31.3 Å². The molecule has 2 N–H and O–H groups in total. The Balaban J connectivity index is 2.33. The topological polar surface area (TPSA) is 110 Å². The third-order valence-corrected chi connectivity index (χ3v) is 4.34. The number of sulfone groups is 1. The Hall–Kier alpha value is -2.45. The van der Waals surface area contributed by atoms with Crippen molar-refractivity contribution in [1.29, 1.82) is 0 Å². The van der Waals surface area contributed by atoms with E-state index in [-0.39, 0.29) is 22.9 Å². The Bertz CT molecular complexity index is 816. The first-order valence-corrected chi connectivity index (χ1v) is 8.66. The molecule has 0 aliphatic heterocycles. The number of nitro benzene ring substituents is 1. The van der Waals surface area contributed by atoms with Gasteiger partial charge in [-0.05, 0) is 36.2 Å². The Labute approximate surface area is 133 Å². The smallest absolute Gasteiger partial charge is 0.293 e. The fraction of sp³-hybridized carbons (Fsp3) is 0.200. The first kappa shape index (κ1) is 16.9. The van der Waals surface area contributed by atoms with E-state index < -0.39 is 14.8 Å². The molecule has 122 valence electrons. The molecule has 0 radical (unpaired) electrons. The van der Waals surface area contributed by atoms with Gasteiger partial charge in [-0.1, -0.05) is 12.1 Å². The Morgan fingerprint density at radius 3 is 2.35 bits per heavy atom. The lowest BCUT2D eigenvalue weighted by Crippen LogP contribution is -2.02. The number of anilines is 2. The molecule has 0 aromatic heterocycles. The third-order valence-electron chi connectivity index (χ3n) is 3.23. The van der Waals surface area contributed by atoms with Gasteiger partial charge < -0.3 is 10.4 Å². The van der Waals surface area contributed by atoms with Crippen molar-refractivity contribution in [2.24, 2.45) is 0 Å². The normalized spacial score (nSPS) is 11.2. The maximum Gasteiger partial charge on any atom is 0.293 e. The second-order valence-electron chi connectivity index (χ2n) is 5.00. The van der Waals surface area contributed by atoms with Gasteiger partial charge in [-0.3, -0.25) is 10.1 Å². The summed E-state index contributed by atoms with van der Waals surface area (Å²) in [7, 11) is -3.52. The van der Waals surface area contributed by atoms with Crippen LogP contribution in [0.25, 0.3) is 0 Å². The molecular formula is C15H16N2O5S. The quantitative estimate of drug-likeness (QED) is 0.618. The molecule has 0 bridgehead atoms. The minimum atomic E-state index is -3.52. The molecule has 7 nitrogen and oxygen atoms in total. The fourth-order valence-electron chi connectivity index (χ4n) is 2.04. The summed E-state index contributed by atoms with van der Waals surface area (Å²) >= 11 is 0. The zero-order valence-corrected chi connectivity index (χ0v) is 13.2. The van der Waals surface area contributed by atoms with E-state index in [0.717, 1.165) is 17.9 Å². The zero-order chi connectivity index (χ0) is 17.0. The summed E-state index contributed by atoms with van der Waals surface area (Å²) in [4.78, 5) is 10.4. The van der Waals surface area contributed by atoms with Crippen molar-refractivity contribution >= 4 is 26.9 Å². The number of hydrogen-bond acceptors (Lipinski definition) is 6. The average Bonchev–Trinajstić information content (AvgIpc) is 2.48. The second-order valence-corrected chi connectivity index (χ2v) is 7.02. The fourth-order valence-corrected chi connectivity index (χ4v) is 2.68. The molecule has 0 fully saturated rings. The molecule has 0 aliphatic carbocycles. The van der Waals surface area contributed by atoms with Crippen molar-refractivity contribution in [2.75, 3.05) is 18.2 Å². The first-order chi connectivity index (χ1) is 10.8. The van der Waals surface area contributed by atoms with E-state index >= 15 is 0 Å². The maximum absolute atomic E-state index is 11.5. The minimum absolute atomic E-state index is 0.0468. The van der Waals surface area contributed by atoms with Gasteiger partial charge in [0.1, 0.15) is 5.69 Å². The first-order valence-electron chi connectivity index (χ1n) is 6.76. The lowest BCUT2D eigenvalue weighted by Gasteiger charge is -2.09. The van der Waals surface area contributed by atoms with Gasteiger partial charge in [-0.15, -0.1) is 0 Å². The van der Waals surface area contributed by atoms with Gasteiger partial charge in [0.25, 0.3) is 5.69 Å². The van der Waals surface area contributed by atoms with Crippen LogP contribution in [0, 0.1) is 10.1 Å². The van der Waals surface area contributed by atoms with E-state index in [2.05, 4.69) is 5.32 Å². The third kappa shape index (κ3) is 4.27. The number of benzene rings is 2. The van der Waals surface area contributed by atoms with Crippen molar-refractivity contribution < 1.29 is 18.4 Å². The van der Waals surface area contributed by atoms with Crippen molar-refractivity contribution in [2.45, 2.75) is 11.3 Å². The summed E-state index contributed by atoms with van der Waals surface area (Å²) in [5.74, 6) is 0. The van der Waals surface area contributed by atoms with Gasteiger partial charge in [0.05, 0.1) is 9.82 Å². The summed E-state index contributed by atoms with van der Waals surface area (Å²) in [6, 6.07) is 10.8. The molecule has 0 unspecified atom stereocenters. The van der Waals surface area contributed by atoms with Crippen LogP contribution >= 0.6 is 0 Å². The number of nitro groups is 1. The summed E-state index contributed by atoms with van der Waals surface area (Å²) in [6.45, 7) is 0.0468. The highest BCUT2D eigenvalue weighted by molar-refractivity contribution is 7.90. The van der Waals surface area contributed by atoms with Crippen LogP contribution in [0.4, 0.5) is 17.1 Å². The second kappa shape index (κ2) is 6.76. The molecule has 0 atom stereocenters.